The van der Waals surface area contributed by atoms with E-state index in [0.29, 0.717) is 23.5 Å². The van der Waals surface area contributed by atoms with Gasteiger partial charge in [-0.05, 0) is 74.7 Å². The Labute approximate surface area is 139 Å². The van der Waals surface area contributed by atoms with Gasteiger partial charge >= 0.3 is 0 Å². The van der Waals surface area contributed by atoms with Crippen molar-refractivity contribution in [3.05, 3.63) is 11.6 Å². The van der Waals surface area contributed by atoms with Crippen LogP contribution in [0, 0.1) is 47.3 Å². The highest BCUT2D eigenvalue weighted by molar-refractivity contribution is 5.91. The fourth-order valence-electron chi connectivity index (χ4n) is 6.81. The number of allylic oxidation sites excluding steroid dienone is 1. The van der Waals surface area contributed by atoms with Crippen molar-refractivity contribution in [3.63, 3.8) is 0 Å². The van der Waals surface area contributed by atoms with E-state index in [4.69, 9.17) is 6.42 Å². The molecule has 0 aromatic carbocycles. The quantitative estimate of drug-likeness (QED) is 0.749. The van der Waals surface area contributed by atoms with E-state index in [1.807, 2.05) is 6.08 Å². The first kappa shape index (κ1) is 15.5. The van der Waals surface area contributed by atoms with Crippen molar-refractivity contribution in [1.29, 1.82) is 0 Å². The van der Waals surface area contributed by atoms with Crippen LogP contribution in [0.2, 0.25) is 0 Å². The molecule has 0 bridgehead atoms. The summed E-state index contributed by atoms with van der Waals surface area (Å²) in [6.07, 6.45) is 15.8. The molecule has 2 nitrogen and oxygen atoms in total. The van der Waals surface area contributed by atoms with Gasteiger partial charge in [-0.3, -0.25) is 4.79 Å². The van der Waals surface area contributed by atoms with Gasteiger partial charge in [0.25, 0.3) is 0 Å². The first-order valence-electron chi connectivity index (χ1n) is 9.48. The van der Waals surface area contributed by atoms with Gasteiger partial charge in [0.2, 0.25) is 0 Å². The maximum atomic E-state index is 11.8. The Morgan fingerprint density at radius 1 is 1.30 bits per heavy atom. The molecule has 0 aromatic heterocycles. The zero-order chi connectivity index (χ0) is 16.2. The van der Waals surface area contributed by atoms with Crippen LogP contribution in [0.1, 0.15) is 58.3 Å². The van der Waals surface area contributed by atoms with Crippen molar-refractivity contribution in [3.8, 4) is 12.3 Å². The summed E-state index contributed by atoms with van der Waals surface area (Å²) in [6.45, 7) is 2.24. The highest BCUT2D eigenvalue weighted by atomic mass is 16.3. The SMILES string of the molecule is C#C[C@@H]1C[C@@H]2[C@@H]3CCC4=CC(=O)CC[C@@H]4[C@@H]3CC[C@]2(CC)[C@H]1O. The molecule has 3 saturated carbocycles. The summed E-state index contributed by atoms with van der Waals surface area (Å²) < 4.78 is 0. The standard InChI is InChI=1S/C21H28O2/c1-3-13-12-19-18-7-5-14-11-15(22)6-8-16(14)17(18)9-10-21(19,4-2)20(13)23/h1,11,13,16-20,23H,4-10,12H2,2H3/t13-,16+,17+,18-,19-,20+,21+/m1/s1. The summed E-state index contributed by atoms with van der Waals surface area (Å²) in [7, 11) is 0. The minimum atomic E-state index is -0.312. The van der Waals surface area contributed by atoms with E-state index < -0.39 is 0 Å². The summed E-state index contributed by atoms with van der Waals surface area (Å²) in [6, 6.07) is 0. The fraction of sp³-hybridized carbons (Fsp3) is 0.762. The third-order valence-electron chi connectivity index (χ3n) is 7.91. The number of hydrogen-bond donors (Lipinski definition) is 1. The van der Waals surface area contributed by atoms with E-state index >= 15 is 0 Å². The zero-order valence-corrected chi connectivity index (χ0v) is 14.1. The van der Waals surface area contributed by atoms with Crippen LogP contribution in [0.4, 0.5) is 0 Å². The molecule has 3 fully saturated rings. The largest absolute Gasteiger partial charge is 0.391 e. The summed E-state index contributed by atoms with van der Waals surface area (Å²) in [4.78, 5) is 11.8. The van der Waals surface area contributed by atoms with E-state index in [-0.39, 0.29) is 17.4 Å². The number of aliphatic hydroxyl groups is 1. The van der Waals surface area contributed by atoms with Gasteiger partial charge in [0.1, 0.15) is 0 Å². The predicted molar refractivity (Wildman–Crippen MR) is 90.4 cm³/mol. The topological polar surface area (TPSA) is 37.3 Å². The highest BCUT2D eigenvalue weighted by Crippen LogP contribution is 2.64. The van der Waals surface area contributed by atoms with E-state index in [2.05, 4.69) is 12.8 Å². The van der Waals surface area contributed by atoms with Gasteiger partial charge in [0, 0.05) is 17.8 Å². The number of rotatable bonds is 1. The molecular formula is C21H28O2. The molecule has 4 aliphatic carbocycles. The third kappa shape index (κ3) is 2.09. The second kappa shape index (κ2) is 5.49. The van der Waals surface area contributed by atoms with Crippen LogP contribution in [0.25, 0.3) is 0 Å². The Morgan fingerprint density at radius 3 is 2.87 bits per heavy atom. The predicted octanol–water partition coefficient (Wildman–Crippen LogP) is 3.74. The number of fused-ring (bicyclic) bond motifs is 5. The van der Waals surface area contributed by atoms with Crippen LogP contribution in [0.15, 0.2) is 11.6 Å². The van der Waals surface area contributed by atoms with E-state index in [9.17, 15) is 9.90 Å². The first-order valence-corrected chi connectivity index (χ1v) is 9.48. The maximum Gasteiger partial charge on any atom is 0.155 e. The van der Waals surface area contributed by atoms with Crippen molar-refractivity contribution in [2.75, 3.05) is 0 Å². The van der Waals surface area contributed by atoms with Crippen molar-refractivity contribution < 1.29 is 9.90 Å². The number of ketones is 1. The molecule has 0 aromatic rings. The third-order valence-corrected chi connectivity index (χ3v) is 7.91. The number of aliphatic hydroxyl groups excluding tert-OH is 1. The second-order valence-corrected chi connectivity index (χ2v) is 8.38. The van der Waals surface area contributed by atoms with Gasteiger partial charge in [0.15, 0.2) is 5.78 Å². The van der Waals surface area contributed by atoms with Crippen molar-refractivity contribution in [1.82, 2.24) is 0 Å². The lowest BCUT2D eigenvalue weighted by atomic mass is 9.51. The molecule has 0 spiro atoms. The normalized spacial score (nSPS) is 48.7. The molecule has 0 radical (unpaired) electrons. The van der Waals surface area contributed by atoms with Crippen LogP contribution in [0.3, 0.4) is 0 Å². The van der Waals surface area contributed by atoms with Gasteiger partial charge in [0.05, 0.1) is 6.10 Å². The molecule has 0 heterocycles. The molecule has 1 N–H and O–H groups in total. The minimum absolute atomic E-state index is 0.0450. The van der Waals surface area contributed by atoms with Crippen LogP contribution < -0.4 is 0 Å². The molecule has 4 aliphatic rings. The Balaban J connectivity index is 1.66. The Morgan fingerprint density at radius 2 is 2.13 bits per heavy atom. The maximum absolute atomic E-state index is 11.8. The molecule has 0 unspecified atom stereocenters. The molecule has 0 aliphatic heterocycles. The smallest absolute Gasteiger partial charge is 0.155 e. The zero-order valence-electron chi connectivity index (χ0n) is 14.1. The average molecular weight is 312 g/mol. The Kier molecular flexibility index (Phi) is 3.69. The molecule has 2 heteroatoms. The summed E-state index contributed by atoms with van der Waals surface area (Å²) in [5.41, 5.74) is 1.49. The lowest BCUT2D eigenvalue weighted by Gasteiger charge is -2.54. The van der Waals surface area contributed by atoms with Gasteiger partial charge in [-0.1, -0.05) is 12.5 Å². The monoisotopic (exact) mass is 312 g/mol. The van der Waals surface area contributed by atoms with Crippen LogP contribution in [0.5, 0.6) is 0 Å². The van der Waals surface area contributed by atoms with Crippen molar-refractivity contribution in [2.45, 2.75) is 64.4 Å². The molecule has 23 heavy (non-hydrogen) atoms. The number of carbonyl (C=O) groups is 1. The van der Waals surface area contributed by atoms with Crippen molar-refractivity contribution >= 4 is 5.78 Å². The van der Waals surface area contributed by atoms with E-state index in [1.54, 1.807) is 0 Å². The second-order valence-electron chi connectivity index (χ2n) is 8.38. The average Bonchev–Trinajstić information content (AvgIpc) is 2.87. The molecule has 4 rings (SSSR count). The lowest BCUT2D eigenvalue weighted by molar-refractivity contribution is -0.116. The summed E-state index contributed by atoms with van der Waals surface area (Å²) in [5.74, 6) is 5.89. The lowest BCUT2D eigenvalue weighted by Crippen LogP contribution is -2.49. The van der Waals surface area contributed by atoms with Gasteiger partial charge in [-0.2, -0.15) is 0 Å². The number of hydrogen-bond acceptors (Lipinski definition) is 2. The molecule has 0 amide bonds. The molecular weight excluding hydrogens is 284 g/mol. The van der Waals surface area contributed by atoms with Crippen molar-refractivity contribution in [2.24, 2.45) is 35.0 Å². The van der Waals surface area contributed by atoms with Gasteiger partial charge in [-0.15, -0.1) is 12.3 Å². The number of terminal acetylenes is 1. The molecule has 124 valence electrons. The summed E-state index contributed by atoms with van der Waals surface area (Å²) in [5, 5.41) is 10.9. The fourth-order valence-corrected chi connectivity index (χ4v) is 6.81. The molecule has 7 atom stereocenters. The van der Waals surface area contributed by atoms with Crippen LogP contribution in [-0.4, -0.2) is 17.0 Å². The Bertz CT molecular complexity index is 583. The van der Waals surface area contributed by atoms with Crippen LogP contribution in [-0.2, 0) is 4.79 Å². The highest BCUT2D eigenvalue weighted by Gasteiger charge is 2.60. The first-order chi connectivity index (χ1) is 11.1. The van der Waals surface area contributed by atoms with Gasteiger partial charge in [-0.25, -0.2) is 0 Å². The van der Waals surface area contributed by atoms with E-state index in [1.165, 1.54) is 18.4 Å². The number of carbonyl (C=O) groups excluding carboxylic acids is 1. The van der Waals surface area contributed by atoms with E-state index in [0.717, 1.165) is 44.4 Å². The van der Waals surface area contributed by atoms with Gasteiger partial charge < -0.3 is 5.11 Å². The minimum Gasteiger partial charge on any atom is -0.391 e. The molecule has 0 saturated heterocycles. The Hall–Kier alpha value is -1.07. The van der Waals surface area contributed by atoms with Crippen LogP contribution >= 0.6 is 0 Å². The summed E-state index contributed by atoms with van der Waals surface area (Å²) >= 11 is 0.